The van der Waals surface area contributed by atoms with Crippen molar-refractivity contribution >= 4 is 0 Å². The second kappa shape index (κ2) is 4.42. The smallest absolute Gasteiger partial charge is 0.136 e. The summed E-state index contributed by atoms with van der Waals surface area (Å²) in [4.78, 5) is 0. The Kier molecular flexibility index (Phi) is 3.15. The molecule has 0 aromatic heterocycles. The number of aromatic hydroxyl groups is 1. The minimum Gasteiger partial charge on any atom is -0.508 e. The average molecular weight is 223 g/mol. The molecule has 1 saturated heterocycles. The predicted molar refractivity (Wildman–Crippen MR) is 62.2 cm³/mol. The molecule has 3 heteroatoms. The highest BCUT2D eigenvalue weighted by Crippen LogP contribution is 2.38. The molecule has 0 aliphatic carbocycles. The molecule has 16 heavy (non-hydrogen) atoms. The van der Waals surface area contributed by atoms with Crippen LogP contribution >= 0.6 is 0 Å². The summed E-state index contributed by atoms with van der Waals surface area (Å²) >= 11 is 0. The van der Waals surface area contributed by atoms with Gasteiger partial charge in [-0.1, -0.05) is 12.1 Å². The van der Waals surface area contributed by atoms with Gasteiger partial charge in [-0.15, -0.1) is 0 Å². The lowest BCUT2D eigenvalue weighted by atomic mass is 9.79. The van der Waals surface area contributed by atoms with Crippen LogP contribution < -0.4 is 5.32 Å². The molecule has 1 heterocycles. The Balaban J connectivity index is 2.19. The molecule has 1 aromatic carbocycles. The third-order valence-electron chi connectivity index (χ3n) is 3.54. The highest BCUT2D eigenvalue weighted by molar-refractivity contribution is 5.30. The van der Waals surface area contributed by atoms with E-state index in [0.717, 1.165) is 25.9 Å². The van der Waals surface area contributed by atoms with Gasteiger partial charge in [-0.25, -0.2) is 4.39 Å². The summed E-state index contributed by atoms with van der Waals surface area (Å²) in [6.07, 6.45) is 1.74. The number of benzene rings is 1. The number of nitrogens with one attached hydrogen (secondary N) is 1. The SMILES string of the molecule is CC(F)(c1ccc(O)cc1)C1CCNCC1. The van der Waals surface area contributed by atoms with Gasteiger partial charge in [0.1, 0.15) is 11.4 Å². The van der Waals surface area contributed by atoms with Crippen LogP contribution in [0.15, 0.2) is 24.3 Å². The minimum absolute atomic E-state index is 0.0679. The van der Waals surface area contributed by atoms with Crippen LogP contribution in [0.2, 0.25) is 0 Å². The van der Waals surface area contributed by atoms with E-state index in [-0.39, 0.29) is 11.7 Å². The molecule has 0 bridgehead atoms. The van der Waals surface area contributed by atoms with Gasteiger partial charge in [0, 0.05) is 0 Å². The fourth-order valence-corrected chi connectivity index (χ4v) is 2.39. The summed E-state index contributed by atoms with van der Waals surface area (Å²) in [5, 5.41) is 12.4. The van der Waals surface area contributed by atoms with E-state index >= 15 is 0 Å². The van der Waals surface area contributed by atoms with Crippen molar-refractivity contribution in [2.24, 2.45) is 5.92 Å². The van der Waals surface area contributed by atoms with Crippen LogP contribution in [-0.4, -0.2) is 18.2 Å². The van der Waals surface area contributed by atoms with Crippen LogP contribution in [0.3, 0.4) is 0 Å². The van der Waals surface area contributed by atoms with E-state index in [2.05, 4.69) is 5.32 Å². The summed E-state index contributed by atoms with van der Waals surface area (Å²) in [6, 6.07) is 6.46. The lowest BCUT2D eigenvalue weighted by molar-refractivity contribution is 0.0773. The first-order chi connectivity index (χ1) is 7.60. The second-order valence-corrected chi connectivity index (χ2v) is 4.65. The molecule has 1 aromatic rings. The van der Waals surface area contributed by atoms with Gasteiger partial charge in [-0.3, -0.25) is 0 Å². The van der Waals surface area contributed by atoms with Crippen LogP contribution in [0, 0.1) is 5.92 Å². The Morgan fingerprint density at radius 3 is 2.38 bits per heavy atom. The largest absolute Gasteiger partial charge is 0.508 e. The number of piperidine rings is 1. The van der Waals surface area contributed by atoms with E-state index in [1.807, 2.05) is 0 Å². The van der Waals surface area contributed by atoms with Gasteiger partial charge >= 0.3 is 0 Å². The fourth-order valence-electron chi connectivity index (χ4n) is 2.39. The Labute approximate surface area is 95.5 Å². The third-order valence-corrected chi connectivity index (χ3v) is 3.54. The summed E-state index contributed by atoms with van der Waals surface area (Å²) < 4.78 is 14.7. The molecule has 1 fully saturated rings. The first-order valence-corrected chi connectivity index (χ1v) is 5.80. The molecule has 0 spiro atoms. The summed E-state index contributed by atoms with van der Waals surface area (Å²) in [5.41, 5.74) is -0.632. The van der Waals surface area contributed by atoms with Crippen molar-refractivity contribution in [1.82, 2.24) is 5.32 Å². The molecule has 1 aliphatic heterocycles. The summed E-state index contributed by atoms with van der Waals surface area (Å²) in [5.74, 6) is 0.253. The molecule has 88 valence electrons. The standard InChI is InChI=1S/C13H18FNO/c1-13(14,11-6-8-15-9-7-11)10-2-4-12(16)5-3-10/h2-5,11,15-16H,6-9H2,1H3. The molecule has 0 saturated carbocycles. The average Bonchev–Trinajstić information content (AvgIpc) is 2.31. The monoisotopic (exact) mass is 223 g/mol. The number of rotatable bonds is 2. The Bertz CT molecular complexity index is 341. The predicted octanol–water partition coefficient (Wildman–Crippen LogP) is 2.58. The van der Waals surface area contributed by atoms with Gasteiger partial charge in [-0.05, 0) is 56.5 Å². The van der Waals surface area contributed by atoms with Crippen LogP contribution in [-0.2, 0) is 5.67 Å². The Morgan fingerprint density at radius 1 is 1.25 bits per heavy atom. The lowest BCUT2D eigenvalue weighted by Gasteiger charge is -2.34. The lowest BCUT2D eigenvalue weighted by Crippen LogP contribution is -2.37. The number of phenols is 1. The molecular formula is C13H18FNO. The van der Waals surface area contributed by atoms with Gasteiger partial charge in [-0.2, -0.15) is 0 Å². The zero-order valence-electron chi connectivity index (χ0n) is 9.54. The minimum atomic E-state index is -1.30. The van der Waals surface area contributed by atoms with Crippen molar-refractivity contribution in [2.45, 2.75) is 25.4 Å². The van der Waals surface area contributed by atoms with Crippen molar-refractivity contribution in [2.75, 3.05) is 13.1 Å². The maximum Gasteiger partial charge on any atom is 0.136 e. The first kappa shape index (κ1) is 11.4. The molecule has 1 aliphatic rings. The Morgan fingerprint density at radius 2 is 1.81 bits per heavy atom. The number of alkyl halides is 1. The molecular weight excluding hydrogens is 205 g/mol. The van der Waals surface area contributed by atoms with Crippen molar-refractivity contribution in [3.63, 3.8) is 0 Å². The van der Waals surface area contributed by atoms with Crippen LogP contribution in [0.5, 0.6) is 5.75 Å². The quantitative estimate of drug-likeness (QED) is 0.807. The van der Waals surface area contributed by atoms with Crippen LogP contribution in [0.4, 0.5) is 4.39 Å². The molecule has 0 amide bonds. The van der Waals surface area contributed by atoms with E-state index in [1.54, 1.807) is 31.2 Å². The van der Waals surface area contributed by atoms with Gasteiger partial charge in [0.15, 0.2) is 0 Å². The number of hydrogen-bond acceptors (Lipinski definition) is 2. The maximum atomic E-state index is 14.7. The summed E-state index contributed by atoms with van der Waals surface area (Å²) in [7, 11) is 0. The first-order valence-electron chi connectivity index (χ1n) is 5.80. The van der Waals surface area contributed by atoms with E-state index in [1.165, 1.54) is 0 Å². The topological polar surface area (TPSA) is 32.3 Å². The van der Waals surface area contributed by atoms with Gasteiger partial charge in [0.05, 0.1) is 0 Å². The van der Waals surface area contributed by atoms with E-state index in [4.69, 9.17) is 0 Å². The van der Waals surface area contributed by atoms with Crippen molar-refractivity contribution in [3.05, 3.63) is 29.8 Å². The number of halogens is 1. The Hall–Kier alpha value is -1.09. The third kappa shape index (κ3) is 2.19. The van der Waals surface area contributed by atoms with Crippen molar-refractivity contribution in [1.29, 1.82) is 0 Å². The zero-order chi connectivity index (χ0) is 11.6. The zero-order valence-corrected chi connectivity index (χ0v) is 9.54. The molecule has 2 N–H and O–H groups in total. The molecule has 0 radical (unpaired) electrons. The van der Waals surface area contributed by atoms with Gasteiger partial charge < -0.3 is 10.4 Å². The van der Waals surface area contributed by atoms with Gasteiger partial charge in [0.25, 0.3) is 0 Å². The molecule has 2 nitrogen and oxygen atoms in total. The second-order valence-electron chi connectivity index (χ2n) is 4.65. The van der Waals surface area contributed by atoms with Crippen LogP contribution in [0.25, 0.3) is 0 Å². The van der Waals surface area contributed by atoms with Crippen LogP contribution in [0.1, 0.15) is 25.3 Å². The molecule has 1 atom stereocenters. The maximum absolute atomic E-state index is 14.7. The number of phenolic OH excluding ortho intramolecular Hbond substituents is 1. The van der Waals surface area contributed by atoms with E-state index in [0.29, 0.717) is 5.56 Å². The highest BCUT2D eigenvalue weighted by atomic mass is 19.1. The fraction of sp³-hybridized carbons (Fsp3) is 0.538. The number of hydrogen-bond donors (Lipinski definition) is 2. The molecule has 2 rings (SSSR count). The highest BCUT2D eigenvalue weighted by Gasteiger charge is 2.36. The normalized spacial score (nSPS) is 21.6. The van der Waals surface area contributed by atoms with Crippen molar-refractivity contribution < 1.29 is 9.50 Å². The van der Waals surface area contributed by atoms with E-state index < -0.39 is 5.67 Å². The molecule has 1 unspecified atom stereocenters. The van der Waals surface area contributed by atoms with E-state index in [9.17, 15) is 9.50 Å². The van der Waals surface area contributed by atoms with Crippen molar-refractivity contribution in [3.8, 4) is 5.75 Å². The van der Waals surface area contributed by atoms with Gasteiger partial charge in [0.2, 0.25) is 0 Å². The summed E-state index contributed by atoms with van der Waals surface area (Å²) in [6.45, 7) is 3.43.